The first-order chi connectivity index (χ1) is 31.7. The number of carbonyl (C=O) groups excluding carboxylic acids is 4. The fraction of sp³-hybridized carbons (Fsp3) is 0.0492. The van der Waals surface area contributed by atoms with Gasteiger partial charge >= 0.3 is 0 Å². The van der Waals surface area contributed by atoms with Crippen LogP contribution in [0, 0.1) is 0 Å². The van der Waals surface area contributed by atoms with E-state index in [-0.39, 0.29) is 17.3 Å². The van der Waals surface area contributed by atoms with Gasteiger partial charge in [0.15, 0.2) is 17.3 Å². The number of rotatable bonds is 12. The molecule has 0 aliphatic heterocycles. The van der Waals surface area contributed by atoms with Gasteiger partial charge in [-0.25, -0.2) is 0 Å². The van der Waals surface area contributed by atoms with Crippen LogP contribution in [-0.2, 0) is 0 Å². The first kappa shape index (κ1) is 42.0. The summed E-state index contributed by atoms with van der Waals surface area (Å²) >= 11 is 0. The molecule has 0 heterocycles. The smallest absolute Gasteiger partial charge is 0.159 e. The quantitative estimate of drug-likeness (QED) is 0.0908. The molecular formula is C61H44O4. The monoisotopic (exact) mass is 840 g/mol. The largest absolute Gasteiger partial charge is 0.298 e. The molecule has 0 aromatic heterocycles. The molecule has 9 aromatic carbocycles. The summed E-state index contributed by atoms with van der Waals surface area (Å²) in [5.74, 6) is 0.0273. The maximum Gasteiger partial charge on any atom is 0.159 e. The topological polar surface area (TPSA) is 68.3 Å². The van der Waals surface area contributed by atoms with Crippen molar-refractivity contribution in [3.63, 3.8) is 0 Å². The Hall–Kier alpha value is -8.34. The van der Waals surface area contributed by atoms with Crippen molar-refractivity contribution in [2.45, 2.75) is 20.8 Å². The summed E-state index contributed by atoms with van der Waals surface area (Å²) in [5.41, 5.74) is 18.5. The normalized spacial score (nSPS) is 10.9. The third-order valence-corrected chi connectivity index (χ3v) is 12.2. The van der Waals surface area contributed by atoms with E-state index >= 15 is 0 Å². The molecule has 9 rings (SSSR count). The lowest BCUT2D eigenvalue weighted by Gasteiger charge is -2.23. The molecule has 0 spiro atoms. The molecule has 65 heavy (non-hydrogen) atoms. The van der Waals surface area contributed by atoms with E-state index in [2.05, 4.69) is 84.9 Å². The second-order valence-electron chi connectivity index (χ2n) is 16.3. The average Bonchev–Trinajstić information content (AvgIpc) is 3.36. The molecule has 0 amide bonds. The van der Waals surface area contributed by atoms with Gasteiger partial charge in [0.2, 0.25) is 0 Å². The van der Waals surface area contributed by atoms with Gasteiger partial charge in [-0.2, -0.15) is 0 Å². The summed E-state index contributed by atoms with van der Waals surface area (Å²) in [4.78, 5) is 48.9. The van der Waals surface area contributed by atoms with Crippen molar-refractivity contribution in [3.05, 3.63) is 229 Å². The average molecular weight is 841 g/mol. The highest BCUT2D eigenvalue weighted by atomic mass is 16.1. The molecule has 4 nitrogen and oxygen atoms in total. The van der Waals surface area contributed by atoms with Gasteiger partial charge in [0, 0.05) is 22.3 Å². The van der Waals surface area contributed by atoms with E-state index in [0.717, 1.165) is 95.3 Å². The van der Waals surface area contributed by atoms with Crippen molar-refractivity contribution in [2.75, 3.05) is 0 Å². The molecule has 312 valence electrons. The second-order valence-corrected chi connectivity index (χ2v) is 16.3. The molecule has 9 aromatic rings. The molecule has 0 aliphatic rings. The Balaban J connectivity index is 1.40. The zero-order valence-corrected chi connectivity index (χ0v) is 36.3. The summed E-state index contributed by atoms with van der Waals surface area (Å²) in [6.45, 7) is 4.74. The number of benzene rings is 9. The summed E-state index contributed by atoms with van der Waals surface area (Å²) in [5, 5.41) is 0. The number of Topliss-reactive ketones (excluding diaryl/α,β-unsaturated/α-hetero) is 3. The van der Waals surface area contributed by atoms with Crippen LogP contribution in [-0.4, -0.2) is 23.6 Å². The fourth-order valence-corrected chi connectivity index (χ4v) is 8.76. The molecule has 0 fully saturated rings. The van der Waals surface area contributed by atoms with Crippen molar-refractivity contribution in [1.29, 1.82) is 0 Å². The molecular weight excluding hydrogens is 797 g/mol. The van der Waals surface area contributed by atoms with Gasteiger partial charge < -0.3 is 0 Å². The number of hydrogen-bond donors (Lipinski definition) is 0. The van der Waals surface area contributed by atoms with E-state index < -0.39 is 0 Å². The number of aldehydes is 1. The van der Waals surface area contributed by atoms with Gasteiger partial charge in [0.25, 0.3) is 0 Å². The van der Waals surface area contributed by atoms with Crippen LogP contribution < -0.4 is 0 Å². The van der Waals surface area contributed by atoms with Gasteiger partial charge in [-0.05, 0) is 122 Å². The van der Waals surface area contributed by atoms with E-state index in [1.54, 1.807) is 20.8 Å². The van der Waals surface area contributed by atoms with Gasteiger partial charge in [-0.15, -0.1) is 0 Å². The molecule has 0 saturated carbocycles. The minimum Gasteiger partial charge on any atom is -0.298 e. The Kier molecular flexibility index (Phi) is 11.7. The summed E-state index contributed by atoms with van der Waals surface area (Å²) in [6.07, 6.45) is 0.860. The van der Waals surface area contributed by atoms with E-state index in [1.807, 2.05) is 121 Å². The molecule has 4 heteroatoms. The third kappa shape index (κ3) is 8.46. The van der Waals surface area contributed by atoms with Crippen LogP contribution in [0.25, 0.3) is 89.0 Å². The molecule has 0 bridgehead atoms. The molecule has 0 atom stereocenters. The van der Waals surface area contributed by atoms with Crippen molar-refractivity contribution in [1.82, 2.24) is 0 Å². The zero-order chi connectivity index (χ0) is 45.0. The first-order valence-corrected chi connectivity index (χ1v) is 21.6. The highest BCUT2D eigenvalue weighted by Crippen LogP contribution is 2.49. The van der Waals surface area contributed by atoms with Crippen LogP contribution in [0.2, 0.25) is 0 Å². The van der Waals surface area contributed by atoms with Crippen molar-refractivity contribution >= 4 is 23.6 Å². The highest BCUT2D eigenvalue weighted by Gasteiger charge is 2.23. The molecule has 0 N–H and O–H groups in total. The van der Waals surface area contributed by atoms with E-state index in [4.69, 9.17) is 0 Å². The van der Waals surface area contributed by atoms with Crippen molar-refractivity contribution in [2.24, 2.45) is 0 Å². The SMILES string of the molecule is CC(=O)c1ccc(-c2ccccc2-c2cc(-c3ccccc3-c3ccc(C(C)=O)cc3)c(-c3ccccc3-c3ccc(C(C)=O)cc3)cc2-c2ccccc2-c2ccc(C=O)cc2)cc1. The van der Waals surface area contributed by atoms with Crippen LogP contribution in [0.4, 0.5) is 0 Å². The molecule has 0 saturated heterocycles. The Bertz CT molecular complexity index is 3260. The lowest BCUT2D eigenvalue weighted by atomic mass is 9.80. The maximum absolute atomic E-state index is 12.4. The van der Waals surface area contributed by atoms with Crippen molar-refractivity contribution < 1.29 is 19.2 Å². The van der Waals surface area contributed by atoms with Crippen LogP contribution in [0.1, 0.15) is 62.2 Å². The van der Waals surface area contributed by atoms with Crippen LogP contribution in [0.5, 0.6) is 0 Å². The highest BCUT2D eigenvalue weighted by molar-refractivity contribution is 6.05. The Morgan fingerprint density at radius 2 is 0.492 bits per heavy atom. The van der Waals surface area contributed by atoms with E-state index in [0.29, 0.717) is 22.3 Å². The lowest BCUT2D eigenvalue weighted by molar-refractivity contribution is 0.100. The zero-order valence-electron chi connectivity index (χ0n) is 36.3. The predicted octanol–water partition coefficient (Wildman–Crippen LogP) is 15.4. The predicted molar refractivity (Wildman–Crippen MR) is 265 cm³/mol. The summed E-state index contributed by atoms with van der Waals surface area (Å²) in [7, 11) is 0. The molecule has 0 aliphatic carbocycles. The Labute approximate surface area is 379 Å². The minimum absolute atomic E-state index is 0.00908. The minimum atomic E-state index is 0.00908. The fourth-order valence-electron chi connectivity index (χ4n) is 8.76. The Morgan fingerprint density at radius 1 is 0.277 bits per heavy atom. The van der Waals surface area contributed by atoms with Crippen LogP contribution in [0.15, 0.2) is 206 Å². The maximum atomic E-state index is 12.4. The third-order valence-electron chi connectivity index (χ3n) is 12.2. The first-order valence-electron chi connectivity index (χ1n) is 21.6. The van der Waals surface area contributed by atoms with E-state index in [1.165, 1.54) is 0 Å². The van der Waals surface area contributed by atoms with Gasteiger partial charge in [-0.3, -0.25) is 19.2 Å². The Morgan fingerprint density at radius 3 is 0.708 bits per heavy atom. The van der Waals surface area contributed by atoms with Gasteiger partial charge in [0.05, 0.1) is 0 Å². The summed E-state index contributed by atoms with van der Waals surface area (Å²) < 4.78 is 0. The molecule has 0 unspecified atom stereocenters. The second kappa shape index (κ2) is 18.2. The number of hydrogen-bond acceptors (Lipinski definition) is 4. The van der Waals surface area contributed by atoms with E-state index in [9.17, 15) is 19.2 Å². The van der Waals surface area contributed by atoms with Gasteiger partial charge in [0.1, 0.15) is 6.29 Å². The summed E-state index contributed by atoms with van der Waals surface area (Å²) in [6, 6.07) is 69.3. The van der Waals surface area contributed by atoms with Crippen LogP contribution >= 0.6 is 0 Å². The van der Waals surface area contributed by atoms with Gasteiger partial charge in [-0.1, -0.05) is 194 Å². The van der Waals surface area contributed by atoms with Crippen LogP contribution in [0.3, 0.4) is 0 Å². The number of ketones is 3. The van der Waals surface area contributed by atoms with Crippen molar-refractivity contribution in [3.8, 4) is 89.0 Å². The standard InChI is InChI=1S/C61H44O4/c1-39(63)43-24-30-47(31-25-43)51-13-5-9-17-55(51)59-37-61(57-19-11-7-15-53(57)49-34-28-45(29-35-49)41(3)65)60(56-18-10-6-14-52(56)48-32-26-44(27-33-48)40(2)64)36-58(59)54-16-8-4-12-50(54)46-22-20-42(38-62)21-23-46/h4-38H,1-3H3. The molecule has 0 radical (unpaired) electrons. The number of carbonyl (C=O) groups is 4. The lowest BCUT2D eigenvalue weighted by Crippen LogP contribution is -1.98.